The number of hydrogen-bond donors (Lipinski definition) is 1. The van der Waals surface area contributed by atoms with E-state index < -0.39 is 5.97 Å². The van der Waals surface area contributed by atoms with Crippen LogP contribution in [0, 0.1) is 0 Å². The van der Waals surface area contributed by atoms with Crippen molar-refractivity contribution in [2.75, 3.05) is 0 Å². The summed E-state index contributed by atoms with van der Waals surface area (Å²) < 4.78 is 4.80. The third-order valence-corrected chi connectivity index (χ3v) is 1.15. The van der Waals surface area contributed by atoms with E-state index in [1.165, 1.54) is 6.08 Å². The number of hydrogen-bond acceptors (Lipinski definition) is 3. The number of ether oxygens (including phenoxy) is 1. The van der Waals surface area contributed by atoms with Crippen LogP contribution in [0.3, 0.4) is 0 Å². The Labute approximate surface area is 84.3 Å². The largest absolute Gasteiger partial charge is 0.460 e. The van der Waals surface area contributed by atoms with Crippen LogP contribution in [0.1, 0.15) is 27.7 Å². The number of esters is 1. The predicted octanol–water partition coefficient (Wildman–Crippen LogP) is 1.02. The number of carbonyl (C=O) groups is 2. The molecule has 0 radical (unpaired) electrons. The van der Waals surface area contributed by atoms with E-state index in [0.29, 0.717) is 0 Å². The minimum absolute atomic E-state index is 0.0632. The fraction of sp³-hybridized carbons (Fsp3) is 0.600. The Morgan fingerprint density at radius 2 is 1.71 bits per heavy atom. The summed E-state index contributed by atoms with van der Waals surface area (Å²) >= 11 is 0. The number of carbonyl (C=O) groups excluding carboxylic acids is 2. The van der Waals surface area contributed by atoms with Gasteiger partial charge in [-0.15, -0.1) is 0 Å². The topological polar surface area (TPSA) is 55.4 Å². The maximum atomic E-state index is 11.0. The molecular weight excluding hydrogens is 182 g/mol. The Kier molecular flexibility index (Phi) is 5.60. The SMILES string of the molecule is CC(C)NC(=O)/C=C/C(=O)OC(C)C. The van der Waals surface area contributed by atoms with Gasteiger partial charge >= 0.3 is 5.97 Å². The molecule has 0 aliphatic heterocycles. The van der Waals surface area contributed by atoms with E-state index in [9.17, 15) is 9.59 Å². The van der Waals surface area contributed by atoms with Crippen LogP contribution in [-0.4, -0.2) is 24.0 Å². The highest BCUT2D eigenvalue weighted by Gasteiger charge is 2.02. The second-order valence-electron chi connectivity index (χ2n) is 3.48. The molecule has 0 aliphatic rings. The number of amides is 1. The minimum Gasteiger partial charge on any atom is -0.460 e. The van der Waals surface area contributed by atoms with Crippen molar-refractivity contribution in [1.82, 2.24) is 5.32 Å². The fourth-order valence-electron chi connectivity index (χ4n) is 0.748. The van der Waals surface area contributed by atoms with Crippen LogP contribution in [0.5, 0.6) is 0 Å². The van der Waals surface area contributed by atoms with Gasteiger partial charge in [0.25, 0.3) is 0 Å². The summed E-state index contributed by atoms with van der Waals surface area (Å²) in [7, 11) is 0. The molecule has 0 aromatic rings. The molecule has 0 unspecified atom stereocenters. The van der Waals surface area contributed by atoms with Gasteiger partial charge < -0.3 is 10.1 Å². The first kappa shape index (κ1) is 12.7. The molecule has 0 spiro atoms. The van der Waals surface area contributed by atoms with Crippen LogP contribution < -0.4 is 5.32 Å². The van der Waals surface area contributed by atoms with Crippen LogP contribution in [0.2, 0.25) is 0 Å². The molecule has 0 aliphatic carbocycles. The number of rotatable bonds is 4. The van der Waals surface area contributed by atoms with E-state index in [-0.39, 0.29) is 18.1 Å². The third-order valence-electron chi connectivity index (χ3n) is 1.15. The van der Waals surface area contributed by atoms with Gasteiger partial charge in [-0.2, -0.15) is 0 Å². The summed E-state index contributed by atoms with van der Waals surface area (Å²) in [5.74, 6) is -0.792. The molecule has 0 saturated carbocycles. The zero-order valence-corrected chi connectivity index (χ0v) is 9.03. The summed E-state index contributed by atoms with van der Waals surface area (Å²) in [4.78, 5) is 22.0. The van der Waals surface area contributed by atoms with E-state index in [1.807, 2.05) is 13.8 Å². The smallest absolute Gasteiger partial charge is 0.331 e. The molecule has 0 aromatic heterocycles. The van der Waals surface area contributed by atoms with Gasteiger partial charge in [0.15, 0.2) is 0 Å². The predicted molar refractivity (Wildman–Crippen MR) is 53.6 cm³/mol. The van der Waals surface area contributed by atoms with E-state index in [1.54, 1.807) is 13.8 Å². The Hall–Kier alpha value is -1.32. The maximum absolute atomic E-state index is 11.0. The monoisotopic (exact) mass is 199 g/mol. The lowest BCUT2D eigenvalue weighted by atomic mass is 10.3. The molecule has 80 valence electrons. The third kappa shape index (κ3) is 7.34. The Morgan fingerprint density at radius 1 is 1.14 bits per heavy atom. The first-order valence-corrected chi connectivity index (χ1v) is 4.61. The maximum Gasteiger partial charge on any atom is 0.331 e. The van der Waals surface area contributed by atoms with Crippen LogP contribution in [0.15, 0.2) is 12.2 Å². The van der Waals surface area contributed by atoms with Gasteiger partial charge in [-0.05, 0) is 27.7 Å². The molecule has 1 N–H and O–H groups in total. The van der Waals surface area contributed by atoms with Gasteiger partial charge in [0, 0.05) is 18.2 Å². The van der Waals surface area contributed by atoms with Gasteiger partial charge in [-0.25, -0.2) is 4.79 Å². The van der Waals surface area contributed by atoms with Crippen molar-refractivity contribution in [1.29, 1.82) is 0 Å². The lowest BCUT2D eigenvalue weighted by molar-refractivity contribution is -0.141. The molecule has 0 fully saturated rings. The van der Waals surface area contributed by atoms with Crippen molar-refractivity contribution in [3.05, 3.63) is 12.2 Å². The van der Waals surface area contributed by atoms with Crippen molar-refractivity contribution >= 4 is 11.9 Å². The lowest BCUT2D eigenvalue weighted by Crippen LogP contribution is -2.28. The molecule has 4 heteroatoms. The van der Waals surface area contributed by atoms with Gasteiger partial charge in [0.1, 0.15) is 0 Å². The van der Waals surface area contributed by atoms with Crippen molar-refractivity contribution in [2.24, 2.45) is 0 Å². The molecule has 0 aromatic carbocycles. The van der Waals surface area contributed by atoms with Gasteiger partial charge in [-0.3, -0.25) is 4.79 Å². The molecule has 0 atom stereocenters. The zero-order valence-electron chi connectivity index (χ0n) is 9.03. The van der Waals surface area contributed by atoms with E-state index in [2.05, 4.69) is 5.32 Å². The first-order valence-electron chi connectivity index (χ1n) is 4.61. The van der Waals surface area contributed by atoms with Crippen LogP contribution >= 0.6 is 0 Å². The van der Waals surface area contributed by atoms with Gasteiger partial charge in [-0.1, -0.05) is 0 Å². The van der Waals surface area contributed by atoms with Crippen molar-refractivity contribution in [3.63, 3.8) is 0 Å². The molecule has 4 nitrogen and oxygen atoms in total. The Balaban J connectivity index is 3.92. The molecule has 0 rings (SSSR count). The zero-order chi connectivity index (χ0) is 11.1. The lowest BCUT2D eigenvalue weighted by Gasteiger charge is -2.05. The quantitative estimate of drug-likeness (QED) is 0.543. The summed E-state index contributed by atoms with van der Waals surface area (Å²) in [6.45, 7) is 7.19. The normalized spacial score (nSPS) is 11.0. The highest BCUT2D eigenvalue weighted by Crippen LogP contribution is 1.90. The average Bonchev–Trinajstić information content (AvgIpc) is 1.98. The average molecular weight is 199 g/mol. The van der Waals surface area contributed by atoms with Crippen molar-refractivity contribution in [3.8, 4) is 0 Å². The van der Waals surface area contributed by atoms with Crippen LogP contribution in [0.4, 0.5) is 0 Å². The highest BCUT2D eigenvalue weighted by atomic mass is 16.5. The molecule has 14 heavy (non-hydrogen) atoms. The van der Waals surface area contributed by atoms with E-state index in [4.69, 9.17) is 4.74 Å². The summed E-state index contributed by atoms with van der Waals surface area (Å²) in [6, 6.07) is 0.0632. The molecule has 1 amide bonds. The molecule has 0 heterocycles. The van der Waals surface area contributed by atoms with Crippen LogP contribution in [-0.2, 0) is 14.3 Å². The van der Waals surface area contributed by atoms with Gasteiger partial charge in [0.2, 0.25) is 5.91 Å². The van der Waals surface area contributed by atoms with Gasteiger partial charge in [0.05, 0.1) is 6.10 Å². The highest BCUT2D eigenvalue weighted by molar-refractivity contribution is 5.94. The first-order chi connectivity index (χ1) is 6.41. The summed E-state index contributed by atoms with van der Waals surface area (Å²) in [5.41, 5.74) is 0. The molecule has 0 saturated heterocycles. The van der Waals surface area contributed by atoms with Crippen molar-refractivity contribution < 1.29 is 14.3 Å². The van der Waals surface area contributed by atoms with E-state index >= 15 is 0 Å². The summed E-state index contributed by atoms with van der Waals surface area (Å²) in [6.07, 6.45) is 2.13. The number of nitrogens with one attached hydrogen (secondary N) is 1. The minimum atomic E-state index is -0.501. The van der Waals surface area contributed by atoms with Crippen LogP contribution in [0.25, 0.3) is 0 Å². The Bertz CT molecular complexity index is 208. The Morgan fingerprint density at radius 3 is 2.14 bits per heavy atom. The molecule has 0 bridgehead atoms. The molecular formula is C10H17NO3. The second-order valence-corrected chi connectivity index (χ2v) is 3.48. The van der Waals surface area contributed by atoms with E-state index in [0.717, 1.165) is 6.08 Å². The summed E-state index contributed by atoms with van der Waals surface area (Å²) in [5, 5.41) is 2.62. The second kappa shape index (κ2) is 6.18. The van der Waals surface area contributed by atoms with Crippen molar-refractivity contribution in [2.45, 2.75) is 39.8 Å². The fourth-order valence-corrected chi connectivity index (χ4v) is 0.748. The standard InChI is InChI=1S/C10H17NO3/c1-7(2)11-9(12)5-6-10(13)14-8(3)4/h5-8H,1-4H3,(H,11,12)/b6-5+.